The molecular formula is C23H26Cl2N4O5. The van der Waals surface area contributed by atoms with Crippen molar-refractivity contribution in [1.82, 2.24) is 9.96 Å². The highest BCUT2D eigenvalue weighted by Crippen LogP contribution is 2.38. The van der Waals surface area contributed by atoms with E-state index in [1.165, 1.54) is 16.9 Å². The molecule has 1 saturated heterocycles. The number of hydrogen-bond donors (Lipinski definition) is 2. The zero-order valence-electron chi connectivity index (χ0n) is 19.0. The Morgan fingerprint density at radius 1 is 1.09 bits per heavy atom. The first kappa shape index (κ1) is 25.6. The van der Waals surface area contributed by atoms with Gasteiger partial charge < -0.3 is 15.0 Å². The van der Waals surface area contributed by atoms with Crippen LogP contribution in [0, 0.1) is 0 Å². The second kappa shape index (κ2) is 10.5. The average molecular weight is 509 g/mol. The van der Waals surface area contributed by atoms with Crippen LogP contribution in [0.3, 0.4) is 0 Å². The number of urea groups is 2. The molecule has 0 saturated carbocycles. The lowest BCUT2D eigenvalue weighted by molar-refractivity contribution is -0.140. The van der Waals surface area contributed by atoms with Crippen molar-refractivity contribution in [3.05, 3.63) is 58.6 Å². The molecule has 1 aliphatic rings. The second-order valence-corrected chi connectivity index (χ2v) is 9.14. The molecule has 2 aromatic carbocycles. The van der Waals surface area contributed by atoms with Gasteiger partial charge in [0.25, 0.3) is 0 Å². The number of halogens is 2. The van der Waals surface area contributed by atoms with Gasteiger partial charge in [0.05, 0.1) is 12.6 Å². The molecule has 0 aliphatic carbocycles. The predicted octanol–water partition coefficient (Wildman–Crippen LogP) is 5.22. The average Bonchev–Trinajstić information content (AvgIpc) is 3.00. The number of hydrogen-bond acceptors (Lipinski definition) is 5. The van der Waals surface area contributed by atoms with Gasteiger partial charge in [-0.15, -0.1) is 0 Å². The Morgan fingerprint density at radius 3 is 2.21 bits per heavy atom. The van der Waals surface area contributed by atoms with Crippen LogP contribution in [-0.2, 0) is 9.53 Å². The van der Waals surface area contributed by atoms with Crippen LogP contribution in [-0.4, -0.2) is 58.6 Å². The highest BCUT2D eigenvalue weighted by Gasteiger charge is 2.55. The number of anilines is 2. The van der Waals surface area contributed by atoms with Gasteiger partial charge in [-0.05, 0) is 68.8 Å². The van der Waals surface area contributed by atoms with Crippen LogP contribution < -0.4 is 10.2 Å². The van der Waals surface area contributed by atoms with E-state index in [-0.39, 0.29) is 18.9 Å². The van der Waals surface area contributed by atoms with Crippen molar-refractivity contribution in [3.63, 3.8) is 0 Å². The molecule has 2 aromatic rings. The molecule has 1 unspecified atom stereocenters. The summed E-state index contributed by atoms with van der Waals surface area (Å²) in [5.41, 5.74) is -0.163. The summed E-state index contributed by atoms with van der Waals surface area (Å²) in [6, 6.07) is 11.6. The van der Waals surface area contributed by atoms with Gasteiger partial charge in [0, 0.05) is 34.4 Å². The number of hydroxylamine groups is 2. The normalized spacial score (nSPS) is 17.0. The lowest BCUT2D eigenvalue weighted by Gasteiger charge is -2.38. The third-order valence-corrected chi connectivity index (χ3v) is 6.14. The Morgan fingerprint density at radius 2 is 1.65 bits per heavy atom. The number of esters is 1. The number of amides is 4. The first-order chi connectivity index (χ1) is 16.1. The topological polar surface area (TPSA) is 102 Å². The Hall–Kier alpha value is -3.01. The third-order valence-electron chi connectivity index (χ3n) is 5.64. The van der Waals surface area contributed by atoms with Crippen LogP contribution in [0.4, 0.5) is 21.0 Å². The summed E-state index contributed by atoms with van der Waals surface area (Å²) in [6.07, 6.45) is -0.612. The van der Waals surface area contributed by atoms with Crippen LogP contribution in [0.15, 0.2) is 48.5 Å². The molecule has 4 amide bonds. The summed E-state index contributed by atoms with van der Waals surface area (Å²) >= 11 is 11.9. The van der Waals surface area contributed by atoms with Crippen molar-refractivity contribution in [2.45, 2.75) is 38.4 Å². The van der Waals surface area contributed by atoms with Gasteiger partial charge in [-0.25, -0.2) is 9.59 Å². The Bertz CT molecular complexity index is 1050. The fourth-order valence-corrected chi connectivity index (χ4v) is 4.14. The number of methoxy groups -OCH3 is 1. The second-order valence-electron chi connectivity index (χ2n) is 8.27. The molecule has 1 fully saturated rings. The summed E-state index contributed by atoms with van der Waals surface area (Å²) in [5, 5.41) is 15.1. The Balaban J connectivity index is 1.91. The maximum atomic E-state index is 13.5. The smallest absolute Gasteiger partial charge is 0.347 e. The minimum Gasteiger partial charge on any atom is -0.469 e. The van der Waals surface area contributed by atoms with Crippen LogP contribution in [0.2, 0.25) is 10.0 Å². The van der Waals surface area contributed by atoms with E-state index in [4.69, 9.17) is 23.2 Å². The monoisotopic (exact) mass is 508 g/mol. The highest BCUT2D eigenvalue weighted by atomic mass is 35.5. The van der Waals surface area contributed by atoms with Gasteiger partial charge >= 0.3 is 18.0 Å². The fraction of sp³-hybridized carbons (Fsp3) is 0.348. The number of ether oxygens (including phenoxy) is 1. The SMILES string of the molecule is COC(=O)CCCN1C(=O)N(c2ccc(Cl)cc2)C(N(O)C(=O)Nc2ccc(Cl)cc2)C1(C)C. The maximum absolute atomic E-state index is 13.5. The van der Waals surface area contributed by atoms with Crippen LogP contribution in [0.1, 0.15) is 26.7 Å². The van der Waals surface area contributed by atoms with Crippen molar-refractivity contribution in [3.8, 4) is 0 Å². The summed E-state index contributed by atoms with van der Waals surface area (Å²) in [7, 11) is 1.30. The number of benzene rings is 2. The zero-order valence-corrected chi connectivity index (χ0v) is 20.5. The summed E-state index contributed by atoms with van der Waals surface area (Å²) in [5.74, 6) is -0.387. The number of rotatable bonds is 7. The van der Waals surface area contributed by atoms with Crippen molar-refractivity contribution in [1.29, 1.82) is 0 Å². The molecule has 1 heterocycles. The van der Waals surface area contributed by atoms with Gasteiger partial charge in [-0.1, -0.05) is 23.2 Å². The van der Waals surface area contributed by atoms with Gasteiger partial charge in [0.2, 0.25) is 0 Å². The first-order valence-corrected chi connectivity index (χ1v) is 11.3. The van der Waals surface area contributed by atoms with Crippen LogP contribution >= 0.6 is 23.2 Å². The Kier molecular flexibility index (Phi) is 7.91. The molecule has 2 N–H and O–H groups in total. The third kappa shape index (κ3) is 5.38. The molecule has 182 valence electrons. The highest BCUT2D eigenvalue weighted by molar-refractivity contribution is 6.31. The fourth-order valence-electron chi connectivity index (χ4n) is 3.89. The first-order valence-electron chi connectivity index (χ1n) is 10.5. The van der Waals surface area contributed by atoms with E-state index in [1.807, 2.05) is 0 Å². The molecule has 0 bridgehead atoms. The molecule has 1 atom stereocenters. The summed E-state index contributed by atoms with van der Waals surface area (Å²) in [6.45, 7) is 3.69. The number of nitrogens with zero attached hydrogens (tertiary/aromatic N) is 3. The molecule has 0 spiro atoms. The Labute approximate surface area is 207 Å². The minimum absolute atomic E-state index is 0.127. The van der Waals surface area contributed by atoms with E-state index in [1.54, 1.807) is 62.4 Å². The molecular weight excluding hydrogens is 483 g/mol. The largest absolute Gasteiger partial charge is 0.469 e. The van der Waals surface area contributed by atoms with Gasteiger partial charge in [0.1, 0.15) is 0 Å². The van der Waals surface area contributed by atoms with E-state index in [9.17, 15) is 19.6 Å². The van der Waals surface area contributed by atoms with E-state index in [0.29, 0.717) is 32.9 Å². The van der Waals surface area contributed by atoms with Crippen molar-refractivity contribution >= 4 is 52.6 Å². The molecule has 1 aliphatic heterocycles. The van der Waals surface area contributed by atoms with Crippen molar-refractivity contribution in [2.24, 2.45) is 0 Å². The molecule has 0 aromatic heterocycles. The van der Waals surface area contributed by atoms with E-state index < -0.39 is 23.8 Å². The van der Waals surface area contributed by atoms with E-state index in [2.05, 4.69) is 10.1 Å². The molecule has 9 nitrogen and oxygen atoms in total. The standard InChI is InChI=1S/C23H26Cl2N4O5/c1-23(2)20(29(33)21(31)26-17-10-6-15(24)7-11-17)28(18-12-8-16(25)9-13-18)22(32)27(23)14-4-5-19(30)34-3/h6-13,20,33H,4-5,14H2,1-3H3,(H,26,31). The molecule has 3 rings (SSSR count). The lowest BCUT2D eigenvalue weighted by atomic mass is 9.99. The molecule has 34 heavy (non-hydrogen) atoms. The van der Waals surface area contributed by atoms with E-state index >= 15 is 0 Å². The minimum atomic E-state index is -1.09. The zero-order chi connectivity index (χ0) is 25.0. The molecule has 11 heteroatoms. The number of carbonyl (C=O) groups is 3. The number of nitrogens with one attached hydrogen (secondary N) is 1. The van der Waals surface area contributed by atoms with Crippen molar-refractivity contribution in [2.75, 3.05) is 23.9 Å². The molecule has 0 radical (unpaired) electrons. The van der Waals surface area contributed by atoms with Gasteiger partial charge in [-0.2, -0.15) is 5.06 Å². The van der Waals surface area contributed by atoms with Crippen LogP contribution in [0.5, 0.6) is 0 Å². The predicted molar refractivity (Wildman–Crippen MR) is 129 cm³/mol. The maximum Gasteiger partial charge on any atom is 0.347 e. The van der Waals surface area contributed by atoms with E-state index in [0.717, 1.165) is 0 Å². The quantitative estimate of drug-likeness (QED) is 0.303. The van der Waals surface area contributed by atoms with Gasteiger partial charge in [0.15, 0.2) is 6.17 Å². The van der Waals surface area contributed by atoms with Crippen molar-refractivity contribution < 1.29 is 24.3 Å². The summed E-state index contributed by atoms with van der Waals surface area (Å²) in [4.78, 5) is 40.9. The lowest BCUT2D eigenvalue weighted by Crippen LogP contribution is -2.58. The van der Waals surface area contributed by atoms with Gasteiger partial charge in [-0.3, -0.25) is 14.9 Å². The van der Waals surface area contributed by atoms with Crippen LogP contribution in [0.25, 0.3) is 0 Å². The number of carbonyl (C=O) groups excluding carboxylic acids is 3. The summed E-state index contributed by atoms with van der Waals surface area (Å²) < 4.78 is 4.68.